The molecule has 0 spiro atoms. The predicted molar refractivity (Wildman–Crippen MR) is 74.3 cm³/mol. The Morgan fingerprint density at radius 1 is 1.37 bits per heavy atom. The normalized spacial score (nSPS) is 17.6. The smallest absolute Gasteiger partial charge is 0.268 e. The minimum Gasteiger partial charge on any atom is -0.348 e. The molecule has 0 atom stereocenters. The van der Waals surface area contributed by atoms with Crippen LogP contribution in [-0.4, -0.2) is 41.0 Å². The van der Waals surface area contributed by atoms with Crippen molar-refractivity contribution in [3.8, 4) is 0 Å². The van der Waals surface area contributed by atoms with Crippen molar-refractivity contribution in [3.63, 3.8) is 0 Å². The van der Waals surface area contributed by atoms with E-state index in [0.29, 0.717) is 11.7 Å². The fourth-order valence-corrected chi connectivity index (χ4v) is 2.40. The molecule has 1 fully saturated rings. The van der Waals surface area contributed by atoms with E-state index in [1.54, 1.807) is 12.1 Å². The van der Waals surface area contributed by atoms with Gasteiger partial charge in [0.05, 0.1) is 0 Å². The van der Waals surface area contributed by atoms with Crippen LogP contribution in [0.3, 0.4) is 0 Å². The highest BCUT2D eigenvalue weighted by Gasteiger charge is 2.22. The minimum absolute atomic E-state index is 0.194. The average molecular weight is 263 g/mol. The van der Waals surface area contributed by atoms with E-state index >= 15 is 0 Å². The highest BCUT2D eigenvalue weighted by molar-refractivity contribution is 5.92. The molecule has 0 saturated carbocycles. The van der Waals surface area contributed by atoms with E-state index < -0.39 is 0 Å². The van der Waals surface area contributed by atoms with Gasteiger partial charge >= 0.3 is 0 Å². The number of nitrogens with one attached hydrogen (secondary N) is 2. The maximum atomic E-state index is 12.0. The molecule has 2 N–H and O–H groups in total. The van der Waals surface area contributed by atoms with Crippen LogP contribution in [-0.2, 0) is 0 Å². The Kier molecular flexibility index (Phi) is 4.37. The molecule has 1 saturated heterocycles. The average Bonchev–Trinajstić information content (AvgIpc) is 2.39. The van der Waals surface area contributed by atoms with Crippen LogP contribution in [0.5, 0.6) is 0 Å². The maximum absolute atomic E-state index is 12.0. The molecule has 0 bridgehead atoms. The highest BCUT2D eigenvalue weighted by Crippen LogP contribution is 2.13. The summed E-state index contributed by atoms with van der Waals surface area (Å²) in [7, 11) is 0. The molecule has 104 valence electrons. The summed E-state index contributed by atoms with van der Waals surface area (Å²) in [6.45, 7) is 6.39. The molecule has 19 heavy (non-hydrogen) atoms. The van der Waals surface area contributed by atoms with Gasteiger partial charge in [-0.3, -0.25) is 9.59 Å². The molecule has 5 nitrogen and oxygen atoms in total. The van der Waals surface area contributed by atoms with E-state index in [0.717, 1.165) is 25.9 Å². The van der Waals surface area contributed by atoms with Crippen molar-refractivity contribution < 1.29 is 4.79 Å². The predicted octanol–water partition coefficient (Wildman–Crippen LogP) is 0.977. The zero-order chi connectivity index (χ0) is 13.8. The number of carbonyl (C=O) groups is 1. The Morgan fingerprint density at radius 2 is 2.05 bits per heavy atom. The van der Waals surface area contributed by atoms with E-state index in [2.05, 4.69) is 29.0 Å². The second-order valence-electron chi connectivity index (χ2n) is 5.31. The van der Waals surface area contributed by atoms with Gasteiger partial charge in [-0.05, 0) is 32.8 Å². The largest absolute Gasteiger partial charge is 0.348 e. The Bertz CT molecular complexity index is 487. The van der Waals surface area contributed by atoms with Crippen molar-refractivity contribution in [2.45, 2.75) is 38.8 Å². The molecule has 0 aliphatic carbocycles. The quantitative estimate of drug-likeness (QED) is 0.854. The number of carbonyl (C=O) groups excluding carboxylic acids is 1. The van der Waals surface area contributed by atoms with Gasteiger partial charge in [-0.15, -0.1) is 0 Å². The molecule has 0 aromatic carbocycles. The molecule has 1 aliphatic rings. The van der Waals surface area contributed by atoms with Gasteiger partial charge in [-0.1, -0.05) is 6.07 Å². The van der Waals surface area contributed by atoms with Crippen molar-refractivity contribution in [2.24, 2.45) is 0 Å². The number of amides is 1. The fraction of sp³-hybridized carbons (Fsp3) is 0.571. The summed E-state index contributed by atoms with van der Waals surface area (Å²) < 4.78 is 0. The number of aromatic amines is 1. The van der Waals surface area contributed by atoms with Crippen LogP contribution in [0.2, 0.25) is 0 Å². The van der Waals surface area contributed by atoms with Gasteiger partial charge in [0, 0.05) is 31.2 Å². The van der Waals surface area contributed by atoms with Gasteiger partial charge < -0.3 is 15.2 Å². The first-order valence-corrected chi connectivity index (χ1v) is 6.80. The topological polar surface area (TPSA) is 65.2 Å². The summed E-state index contributed by atoms with van der Waals surface area (Å²) in [5.41, 5.74) is 0.0843. The Balaban J connectivity index is 1.89. The van der Waals surface area contributed by atoms with Crippen molar-refractivity contribution in [3.05, 3.63) is 34.2 Å². The summed E-state index contributed by atoms with van der Waals surface area (Å²) in [5, 5.41) is 2.99. The monoisotopic (exact) mass is 263 g/mol. The second kappa shape index (κ2) is 6.02. The van der Waals surface area contributed by atoms with Crippen LogP contribution in [0.1, 0.15) is 37.2 Å². The molecule has 0 radical (unpaired) electrons. The molecular weight excluding hydrogens is 242 g/mol. The highest BCUT2D eigenvalue weighted by atomic mass is 16.2. The lowest BCUT2D eigenvalue weighted by Gasteiger charge is -2.34. The lowest BCUT2D eigenvalue weighted by atomic mass is 10.0. The Morgan fingerprint density at radius 3 is 2.63 bits per heavy atom. The summed E-state index contributed by atoms with van der Waals surface area (Å²) in [6.07, 6.45) is 1.92. The van der Waals surface area contributed by atoms with E-state index in [1.165, 1.54) is 6.07 Å². The molecule has 1 aliphatic heterocycles. The van der Waals surface area contributed by atoms with E-state index in [4.69, 9.17) is 0 Å². The van der Waals surface area contributed by atoms with Crippen molar-refractivity contribution >= 4 is 5.91 Å². The zero-order valence-electron chi connectivity index (χ0n) is 11.5. The molecule has 1 amide bonds. The Labute approximate surface area is 113 Å². The lowest BCUT2D eigenvalue weighted by molar-refractivity contribution is 0.0895. The number of likely N-dealkylation sites (tertiary alicyclic amines) is 1. The van der Waals surface area contributed by atoms with Gasteiger partial charge in [-0.2, -0.15) is 0 Å². The molecule has 1 aromatic rings. The van der Waals surface area contributed by atoms with Crippen LogP contribution in [0.25, 0.3) is 0 Å². The molecule has 2 heterocycles. The maximum Gasteiger partial charge on any atom is 0.268 e. The first kappa shape index (κ1) is 13.8. The second-order valence-corrected chi connectivity index (χ2v) is 5.31. The number of piperidine rings is 1. The molecule has 0 unspecified atom stereocenters. The molecule has 5 heteroatoms. The third-order valence-electron chi connectivity index (χ3n) is 3.61. The van der Waals surface area contributed by atoms with E-state index in [-0.39, 0.29) is 17.5 Å². The number of pyridine rings is 1. The van der Waals surface area contributed by atoms with Crippen LogP contribution in [0.15, 0.2) is 23.0 Å². The number of aromatic nitrogens is 1. The first-order valence-electron chi connectivity index (χ1n) is 6.80. The van der Waals surface area contributed by atoms with Crippen LogP contribution in [0, 0.1) is 0 Å². The number of hydrogen-bond donors (Lipinski definition) is 2. The SMILES string of the molecule is CC(C)N1CCC(NC(=O)c2cccc(=O)[nH]2)CC1. The van der Waals surface area contributed by atoms with E-state index in [9.17, 15) is 9.59 Å². The summed E-state index contributed by atoms with van der Waals surface area (Å²) >= 11 is 0. The van der Waals surface area contributed by atoms with Gasteiger partial charge in [0.25, 0.3) is 5.91 Å². The lowest BCUT2D eigenvalue weighted by Crippen LogP contribution is -2.46. The molecule has 1 aromatic heterocycles. The van der Waals surface area contributed by atoms with Gasteiger partial charge in [0.15, 0.2) is 0 Å². The summed E-state index contributed by atoms with van der Waals surface area (Å²) in [4.78, 5) is 28.1. The fourth-order valence-electron chi connectivity index (χ4n) is 2.40. The number of H-pyrrole nitrogens is 1. The number of rotatable bonds is 3. The van der Waals surface area contributed by atoms with Crippen molar-refractivity contribution in [2.75, 3.05) is 13.1 Å². The third-order valence-corrected chi connectivity index (χ3v) is 3.61. The Hall–Kier alpha value is -1.62. The number of hydrogen-bond acceptors (Lipinski definition) is 3. The molecular formula is C14H21N3O2. The van der Waals surface area contributed by atoms with Crippen LogP contribution in [0.4, 0.5) is 0 Å². The van der Waals surface area contributed by atoms with Gasteiger partial charge in [0.1, 0.15) is 5.69 Å². The van der Waals surface area contributed by atoms with Gasteiger partial charge in [0.2, 0.25) is 5.56 Å². The van der Waals surface area contributed by atoms with Crippen molar-refractivity contribution in [1.29, 1.82) is 0 Å². The zero-order valence-corrected chi connectivity index (χ0v) is 11.5. The standard InChI is InChI=1S/C14H21N3O2/c1-10(2)17-8-6-11(7-9-17)15-14(19)12-4-3-5-13(18)16-12/h3-5,10-11H,6-9H2,1-2H3,(H,15,19)(H,16,18). The van der Waals surface area contributed by atoms with Crippen LogP contribution < -0.4 is 10.9 Å². The van der Waals surface area contributed by atoms with E-state index in [1.807, 2.05) is 0 Å². The summed E-state index contributed by atoms with van der Waals surface area (Å²) in [6, 6.07) is 5.38. The van der Waals surface area contributed by atoms with Gasteiger partial charge in [-0.25, -0.2) is 0 Å². The first-order chi connectivity index (χ1) is 9.06. The molecule has 2 rings (SSSR count). The third kappa shape index (κ3) is 3.67. The number of nitrogens with zero attached hydrogens (tertiary/aromatic N) is 1. The minimum atomic E-state index is -0.248. The van der Waals surface area contributed by atoms with Crippen LogP contribution >= 0.6 is 0 Å². The van der Waals surface area contributed by atoms with Crippen molar-refractivity contribution in [1.82, 2.24) is 15.2 Å². The summed E-state index contributed by atoms with van der Waals surface area (Å²) in [5.74, 6) is -0.194.